The molecule has 84 valence electrons. The molecule has 0 bridgehead atoms. The molecule has 0 aromatic heterocycles. The highest BCUT2D eigenvalue weighted by atomic mass is 16.5. The summed E-state index contributed by atoms with van der Waals surface area (Å²) in [6, 6.07) is 0.688. The maximum atomic E-state index is 5.89. The van der Waals surface area contributed by atoms with Gasteiger partial charge in [-0.15, -0.1) is 0 Å². The van der Waals surface area contributed by atoms with E-state index >= 15 is 0 Å². The molecule has 0 amide bonds. The van der Waals surface area contributed by atoms with Crippen LogP contribution < -0.4 is 5.32 Å². The fourth-order valence-electron chi connectivity index (χ4n) is 2.03. The molecule has 0 aliphatic heterocycles. The van der Waals surface area contributed by atoms with E-state index < -0.39 is 0 Å². The molecule has 1 rings (SSSR count). The lowest BCUT2D eigenvalue weighted by atomic mass is 9.93. The molecule has 0 aromatic carbocycles. The topological polar surface area (TPSA) is 21.3 Å². The molecule has 1 saturated carbocycles. The Labute approximate surface area is 88.4 Å². The molecule has 2 unspecified atom stereocenters. The van der Waals surface area contributed by atoms with Crippen molar-refractivity contribution in [1.82, 2.24) is 5.32 Å². The quantitative estimate of drug-likeness (QED) is 0.735. The van der Waals surface area contributed by atoms with Crippen molar-refractivity contribution in [1.29, 1.82) is 0 Å². The summed E-state index contributed by atoms with van der Waals surface area (Å²) in [4.78, 5) is 0. The lowest BCUT2D eigenvalue weighted by Crippen LogP contribution is -2.35. The van der Waals surface area contributed by atoms with Gasteiger partial charge in [-0.3, -0.25) is 0 Å². The Balaban J connectivity index is 2.11. The normalized spacial score (nSPS) is 28.3. The fourth-order valence-corrected chi connectivity index (χ4v) is 2.03. The summed E-state index contributed by atoms with van der Waals surface area (Å²) < 4.78 is 5.89. The van der Waals surface area contributed by atoms with Crippen LogP contribution in [0.5, 0.6) is 0 Å². The first-order valence-electron chi connectivity index (χ1n) is 6.01. The second-order valence-electron chi connectivity index (χ2n) is 4.83. The minimum absolute atomic E-state index is 0.514. The molecule has 1 aliphatic rings. The Morgan fingerprint density at radius 2 is 2.14 bits per heavy atom. The van der Waals surface area contributed by atoms with Gasteiger partial charge in [0.15, 0.2) is 0 Å². The first-order valence-corrected chi connectivity index (χ1v) is 6.01. The van der Waals surface area contributed by atoms with E-state index in [1.807, 2.05) is 0 Å². The van der Waals surface area contributed by atoms with Crippen LogP contribution in [0.25, 0.3) is 0 Å². The summed E-state index contributed by atoms with van der Waals surface area (Å²) in [5.41, 5.74) is 0. The first-order chi connectivity index (χ1) is 6.72. The van der Waals surface area contributed by atoms with E-state index in [-0.39, 0.29) is 0 Å². The molecule has 2 atom stereocenters. The lowest BCUT2D eigenvalue weighted by molar-refractivity contribution is 0.0153. The van der Waals surface area contributed by atoms with Gasteiger partial charge in [0.1, 0.15) is 0 Å². The molecule has 0 radical (unpaired) electrons. The van der Waals surface area contributed by atoms with Gasteiger partial charge in [-0.05, 0) is 45.1 Å². The SMILES string of the molecule is CNC1CCCC(OCCC(C)C)C1. The summed E-state index contributed by atoms with van der Waals surface area (Å²) in [5.74, 6) is 0.763. The minimum Gasteiger partial charge on any atom is -0.378 e. The van der Waals surface area contributed by atoms with Crippen molar-refractivity contribution in [3.63, 3.8) is 0 Å². The van der Waals surface area contributed by atoms with E-state index in [1.165, 1.54) is 32.1 Å². The number of ether oxygens (including phenoxy) is 1. The molecule has 0 aromatic rings. The molecule has 2 nitrogen and oxygen atoms in total. The maximum absolute atomic E-state index is 5.89. The highest BCUT2D eigenvalue weighted by Gasteiger charge is 2.20. The average molecular weight is 199 g/mol. The molecular weight excluding hydrogens is 174 g/mol. The number of nitrogens with one attached hydrogen (secondary N) is 1. The van der Waals surface area contributed by atoms with Crippen LogP contribution in [0.3, 0.4) is 0 Å². The molecule has 1 aliphatic carbocycles. The predicted octanol–water partition coefficient (Wildman–Crippen LogP) is 2.58. The minimum atomic E-state index is 0.514. The summed E-state index contributed by atoms with van der Waals surface area (Å²) >= 11 is 0. The summed E-state index contributed by atoms with van der Waals surface area (Å²) in [7, 11) is 2.06. The Morgan fingerprint density at radius 1 is 1.36 bits per heavy atom. The second kappa shape index (κ2) is 6.41. The monoisotopic (exact) mass is 199 g/mol. The van der Waals surface area contributed by atoms with Crippen LogP contribution in [-0.4, -0.2) is 25.8 Å². The average Bonchev–Trinajstić information content (AvgIpc) is 2.18. The lowest BCUT2D eigenvalue weighted by Gasteiger charge is -2.29. The van der Waals surface area contributed by atoms with Crippen LogP contribution >= 0.6 is 0 Å². The Hall–Kier alpha value is -0.0800. The van der Waals surface area contributed by atoms with Gasteiger partial charge in [-0.25, -0.2) is 0 Å². The van der Waals surface area contributed by atoms with Gasteiger partial charge in [-0.2, -0.15) is 0 Å². The zero-order valence-corrected chi connectivity index (χ0v) is 9.88. The van der Waals surface area contributed by atoms with Gasteiger partial charge in [0, 0.05) is 12.6 Å². The smallest absolute Gasteiger partial charge is 0.0590 e. The number of hydrogen-bond donors (Lipinski definition) is 1. The van der Waals surface area contributed by atoms with E-state index in [0.29, 0.717) is 12.1 Å². The van der Waals surface area contributed by atoms with Crippen molar-refractivity contribution in [2.75, 3.05) is 13.7 Å². The molecule has 2 heteroatoms. The van der Waals surface area contributed by atoms with E-state index in [9.17, 15) is 0 Å². The van der Waals surface area contributed by atoms with Gasteiger partial charge >= 0.3 is 0 Å². The van der Waals surface area contributed by atoms with Crippen molar-refractivity contribution in [3.8, 4) is 0 Å². The summed E-state index contributed by atoms with van der Waals surface area (Å²) in [6.07, 6.45) is 6.81. The standard InChI is InChI=1S/C12H25NO/c1-10(2)7-8-14-12-6-4-5-11(9-12)13-3/h10-13H,4-9H2,1-3H3. The molecule has 0 saturated heterocycles. The molecule has 1 fully saturated rings. The van der Waals surface area contributed by atoms with Crippen LogP contribution in [-0.2, 0) is 4.74 Å². The van der Waals surface area contributed by atoms with Crippen LogP contribution in [0.1, 0.15) is 46.0 Å². The highest BCUT2D eigenvalue weighted by Crippen LogP contribution is 2.21. The zero-order valence-electron chi connectivity index (χ0n) is 9.88. The molecule has 1 N–H and O–H groups in total. The second-order valence-corrected chi connectivity index (χ2v) is 4.83. The van der Waals surface area contributed by atoms with Gasteiger partial charge in [0.25, 0.3) is 0 Å². The van der Waals surface area contributed by atoms with Gasteiger partial charge in [0.05, 0.1) is 6.10 Å². The van der Waals surface area contributed by atoms with Crippen LogP contribution in [0, 0.1) is 5.92 Å². The van der Waals surface area contributed by atoms with E-state index in [2.05, 4.69) is 26.2 Å². The Kier molecular flexibility index (Phi) is 5.49. The Morgan fingerprint density at radius 3 is 2.79 bits per heavy atom. The van der Waals surface area contributed by atoms with Crippen molar-refractivity contribution >= 4 is 0 Å². The first kappa shape index (κ1) is 12.0. The number of hydrogen-bond acceptors (Lipinski definition) is 2. The highest BCUT2D eigenvalue weighted by molar-refractivity contribution is 4.77. The van der Waals surface area contributed by atoms with Gasteiger partial charge in [0.2, 0.25) is 0 Å². The van der Waals surface area contributed by atoms with Gasteiger partial charge in [-0.1, -0.05) is 13.8 Å². The van der Waals surface area contributed by atoms with Crippen LogP contribution in [0.15, 0.2) is 0 Å². The predicted molar refractivity (Wildman–Crippen MR) is 60.5 cm³/mol. The van der Waals surface area contributed by atoms with Crippen LogP contribution in [0.2, 0.25) is 0 Å². The fraction of sp³-hybridized carbons (Fsp3) is 1.00. The van der Waals surface area contributed by atoms with Crippen molar-refractivity contribution < 1.29 is 4.74 Å². The zero-order chi connectivity index (χ0) is 10.4. The molecular formula is C12H25NO. The van der Waals surface area contributed by atoms with Crippen molar-refractivity contribution in [3.05, 3.63) is 0 Å². The van der Waals surface area contributed by atoms with Gasteiger partial charge < -0.3 is 10.1 Å². The van der Waals surface area contributed by atoms with E-state index in [1.54, 1.807) is 0 Å². The molecule has 14 heavy (non-hydrogen) atoms. The molecule has 0 spiro atoms. The largest absolute Gasteiger partial charge is 0.378 e. The van der Waals surface area contributed by atoms with Crippen molar-refractivity contribution in [2.45, 2.75) is 58.1 Å². The molecule has 0 heterocycles. The van der Waals surface area contributed by atoms with Crippen molar-refractivity contribution in [2.24, 2.45) is 5.92 Å². The maximum Gasteiger partial charge on any atom is 0.0590 e. The third-order valence-corrected chi connectivity index (χ3v) is 3.08. The van der Waals surface area contributed by atoms with Crippen LogP contribution in [0.4, 0.5) is 0 Å². The summed E-state index contributed by atoms with van der Waals surface area (Å²) in [6.45, 7) is 5.44. The Bertz CT molecular complexity index is 147. The van der Waals surface area contributed by atoms with E-state index in [0.717, 1.165) is 12.5 Å². The number of rotatable bonds is 5. The third-order valence-electron chi connectivity index (χ3n) is 3.08. The van der Waals surface area contributed by atoms with E-state index in [4.69, 9.17) is 4.74 Å². The third kappa shape index (κ3) is 4.43. The summed E-state index contributed by atoms with van der Waals surface area (Å²) in [5, 5.41) is 3.35.